The SMILES string of the molecule is CC1CN(C(=O)c2cc(O)cc(O)c2)CCCO1. The molecule has 1 atom stereocenters. The van der Waals surface area contributed by atoms with Gasteiger partial charge in [0.25, 0.3) is 5.91 Å². The van der Waals surface area contributed by atoms with E-state index >= 15 is 0 Å². The Balaban J connectivity index is 2.18. The number of hydrogen-bond donors (Lipinski definition) is 2. The highest BCUT2D eigenvalue weighted by Gasteiger charge is 2.21. The summed E-state index contributed by atoms with van der Waals surface area (Å²) in [5, 5.41) is 18.8. The molecule has 18 heavy (non-hydrogen) atoms. The first-order valence-electron chi connectivity index (χ1n) is 6.00. The maximum Gasteiger partial charge on any atom is 0.254 e. The molecule has 1 aromatic carbocycles. The van der Waals surface area contributed by atoms with E-state index in [-0.39, 0.29) is 23.5 Å². The molecule has 1 aromatic rings. The van der Waals surface area contributed by atoms with Crippen LogP contribution < -0.4 is 0 Å². The van der Waals surface area contributed by atoms with E-state index in [0.717, 1.165) is 6.42 Å². The topological polar surface area (TPSA) is 70.0 Å². The smallest absolute Gasteiger partial charge is 0.254 e. The summed E-state index contributed by atoms with van der Waals surface area (Å²) in [5.41, 5.74) is 0.293. The number of phenolic OH excluding ortho intramolecular Hbond substituents is 2. The third kappa shape index (κ3) is 2.92. The summed E-state index contributed by atoms with van der Waals surface area (Å²) >= 11 is 0. The monoisotopic (exact) mass is 251 g/mol. The summed E-state index contributed by atoms with van der Waals surface area (Å²) in [6.07, 6.45) is 0.795. The molecule has 0 spiro atoms. The Morgan fingerprint density at radius 2 is 2.00 bits per heavy atom. The highest BCUT2D eigenvalue weighted by molar-refractivity contribution is 5.95. The van der Waals surface area contributed by atoms with Gasteiger partial charge in [-0.05, 0) is 25.5 Å². The van der Waals surface area contributed by atoms with Crippen LogP contribution in [0.4, 0.5) is 0 Å². The number of carbonyl (C=O) groups is 1. The van der Waals surface area contributed by atoms with E-state index in [1.54, 1.807) is 4.90 Å². The quantitative estimate of drug-likeness (QED) is 0.790. The number of carbonyl (C=O) groups excluding carboxylic acids is 1. The van der Waals surface area contributed by atoms with Crippen molar-refractivity contribution in [2.75, 3.05) is 19.7 Å². The van der Waals surface area contributed by atoms with E-state index in [0.29, 0.717) is 25.3 Å². The minimum absolute atomic E-state index is 0.00218. The average molecular weight is 251 g/mol. The van der Waals surface area contributed by atoms with Crippen LogP contribution in [0.3, 0.4) is 0 Å². The van der Waals surface area contributed by atoms with Gasteiger partial charge in [-0.2, -0.15) is 0 Å². The molecule has 1 amide bonds. The van der Waals surface area contributed by atoms with Gasteiger partial charge < -0.3 is 19.8 Å². The molecule has 2 N–H and O–H groups in total. The zero-order valence-corrected chi connectivity index (χ0v) is 10.3. The van der Waals surface area contributed by atoms with Crippen LogP contribution in [0.1, 0.15) is 23.7 Å². The lowest BCUT2D eigenvalue weighted by atomic mass is 10.1. The van der Waals surface area contributed by atoms with Crippen LogP contribution >= 0.6 is 0 Å². The van der Waals surface area contributed by atoms with Gasteiger partial charge in [-0.1, -0.05) is 0 Å². The summed E-state index contributed by atoms with van der Waals surface area (Å²) in [6.45, 7) is 3.72. The first-order valence-corrected chi connectivity index (χ1v) is 6.00. The van der Waals surface area contributed by atoms with Crippen molar-refractivity contribution in [2.45, 2.75) is 19.4 Å². The van der Waals surface area contributed by atoms with Crippen molar-refractivity contribution in [3.63, 3.8) is 0 Å². The second-order valence-corrected chi connectivity index (χ2v) is 4.52. The van der Waals surface area contributed by atoms with Gasteiger partial charge >= 0.3 is 0 Å². The zero-order chi connectivity index (χ0) is 13.1. The van der Waals surface area contributed by atoms with E-state index in [2.05, 4.69) is 0 Å². The maximum absolute atomic E-state index is 12.3. The van der Waals surface area contributed by atoms with Crippen LogP contribution in [-0.2, 0) is 4.74 Å². The molecule has 5 heteroatoms. The summed E-state index contributed by atoms with van der Waals surface area (Å²) in [6, 6.07) is 3.92. The second-order valence-electron chi connectivity index (χ2n) is 4.52. The third-order valence-corrected chi connectivity index (χ3v) is 2.89. The van der Waals surface area contributed by atoms with Crippen LogP contribution in [0.2, 0.25) is 0 Å². The van der Waals surface area contributed by atoms with E-state index in [1.807, 2.05) is 6.92 Å². The van der Waals surface area contributed by atoms with Crippen molar-refractivity contribution in [3.05, 3.63) is 23.8 Å². The number of aromatic hydroxyl groups is 2. The van der Waals surface area contributed by atoms with Crippen LogP contribution in [0.15, 0.2) is 18.2 Å². The predicted molar refractivity (Wildman–Crippen MR) is 65.7 cm³/mol. The number of rotatable bonds is 1. The van der Waals surface area contributed by atoms with Crippen LogP contribution in [0, 0.1) is 0 Å². The van der Waals surface area contributed by atoms with Gasteiger partial charge in [-0.15, -0.1) is 0 Å². The molecule has 2 rings (SSSR count). The highest BCUT2D eigenvalue weighted by atomic mass is 16.5. The Hall–Kier alpha value is -1.75. The van der Waals surface area contributed by atoms with Gasteiger partial charge in [0, 0.05) is 31.3 Å². The molecule has 0 aliphatic carbocycles. The van der Waals surface area contributed by atoms with E-state index in [1.165, 1.54) is 18.2 Å². The summed E-state index contributed by atoms with van der Waals surface area (Å²) in [7, 11) is 0. The van der Waals surface area contributed by atoms with Crippen molar-refractivity contribution in [1.29, 1.82) is 0 Å². The molecule has 0 radical (unpaired) electrons. The normalized spacial score (nSPS) is 20.5. The fourth-order valence-electron chi connectivity index (χ4n) is 2.08. The van der Waals surface area contributed by atoms with Crippen molar-refractivity contribution < 1.29 is 19.7 Å². The molecule has 1 aliphatic rings. The highest BCUT2D eigenvalue weighted by Crippen LogP contribution is 2.22. The third-order valence-electron chi connectivity index (χ3n) is 2.89. The Labute approximate surface area is 106 Å². The Morgan fingerprint density at radius 3 is 2.67 bits per heavy atom. The molecular weight excluding hydrogens is 234 g/mol. The fraction of sp³-hybridized carbons (Fsp3) is 0.462. The molecule has 98 valence electrons. The number of ether oxygens (including phenoxy) is 1. The summed E-state index contributed by atoms with van der Waals surface area (Å²) < 4.78 is 5.47. The molecule has 0 bridgehead atoms. The minimum Gasteiger partial charge on any atom is -0.508 e. The molecule has 0 aromatic heterocycles. The fourth-order valence-corrected chi connectivity index (χ4v) is 2.08. The number of hydrogen-bond acceptors (Lipinski definition) is 4. The molecular formula is C13H17NO4. The summed E-state index contributed by atoms with van der Waals surface area (Å²) in [4.78, 5) is 13.9. The van der Waals surface area contributed by atoms with E-state index in [9.17, 15) is 15.0 Å². The molecule has 1 fully saturated rings. The van der Waals surface area contributed by atoms with Crippen LogP contribution in [0.5, 0.6) is 11.5 Å². The lowest BCUT2D eigenvalue weighted by molar-refractivity contribution is 0.0562. The molecule has 5 nitrogen and oxygen atoms in total. The van der Waals surface area contributed by atoms with Crippen LogP contribution in [0.25, 0.3) is 0 Å². The summed E-state index contributed by atoms with van der Waals surface area (Å²) in [5.74, 6) is -0.423. The van der Waals surface area contributed by atoms with Crippen LogP contribution in [-0.4, -0.2) is 46.8 Å². The second kappa shape index (κ2) is 5.27. The molecule has 0 saturated carbocycles. The molecule has 1 heterocycles. The first kappa shape index (κ1) is 12.7. The number of benzene rings is 1. The van der Waals surface area contributed by atoms with Gasteiger partial charge in [-0.3, -0.25) is 4.79 Å². The predicted octanol–water partition coefficient (Wildman–Crippen LogP) is 1.35. The van der Waals surface area contributed by atoms with Gasteiger partial charge in [0.15, 0.2) is 0 Å². The maximum atomic E-state index is 12.3. The molecule has 1 unspecified atom stereocenters. The molecule has 1 aliphatic heterocycles. The number of amides is 1. The standard InChI is InChI=1S/C13H17NO4/c1-9-8-14(3-2-4-18-9)13(17)10-5-11(15)7-12(16)6-10/h5-7,9,15-16H,2-4,8H2,1H3. The van der Waals surface area contributed by atoms with E-state index in [4.69, 9.17) is 4.74 Å². The average Bonchev–Trinajstić information content (AvgIpc) is 2.51. The van der Waals surface area contributed by atoms with Gasteiger partial charge in [0.1, 0.15) is 11.5 Å². The molecule has 1 saturated heterocycles. The number of phenols is 2. The Kier molecular flexibility index (Phi) is 3.72. The van der Waals surface area contributed by atoms with Crippen molar-refractivity contribution in [2.24, 2.45) is 0 Å². The van der Waals surface area contributed by atoms with Gasteiger partial charge in [0.2, 0.25) is 0 Å². The van der Waals surface area contributed by atoms with Crippen molar-refractivity contribution in [3.8, 4) is 11.5 Å². The first-order chi connectivity index (χ1) is 8.56. The van der Waals surface area contributed by atoms with Gasteiger partial charge in [-0.25, -0.2) is 0 Å². The lowest BCUT2D eigenvalue weighted by Gasteiger charge is -2.22. The number of nitrogens with zero attached hydrogens (tertiary/aromatic N) is 1. The van der Waals surface area contributed by atoms with Gasteiger partial charge in [0.05, 0.1) is 6.10 Å². The van der Waals surface area contributed by atoms with Crippen molar-refractivity contribution >= 4 is 5.91 Å². The largest absolute Gasteiger partial charge is 0.508 e. The lowest BCUT2D eigenvalue weighted by Crippen LogP contribution is -2.35. The zero-order valence-electron chi connectivity index (χ0n) is 10.3. The Morgan fingerprint density at radius 1 is 1.33 bits per heavy atom. The van der Waals surface area contributed by atoms with Crippen molar-refractivity contribution in [1.82, 2.24) is 4.90 Å². The Bertz CT molecular complexity index is 426. The minimum atomic E-state index is -0.196. The van der Waals surface area contributed by atoms with E-state index < -0.39 is 0 Å².